The maximum absolute atomic E-state index is 13.1. The van der Waals surface area contributed by atoms with Gasteiger partial charge >= 0.3 is 0 Å². The number of hydrogen-bond donors (Lipinski definition) is 1. The lowest BCUT2D eigenvalue weighted by Crippen LogP contribution is -2.27. The van der Waals surface area contributed by atoms with Gasteiger partial charge in [0.05, 0.1) is 10.9 Å². The Morgan fingerprint density at radius 3 is 3.00 bits per heavy atom. The molecule has 0 radical (unpaired) electrons. The molecule has 1 aromatic carbocycles. The van der Waals surface area contributed by atoms with Crippen LogP contribution in [0, 0.1) is 5.82 Å². The van der Waals surface area contributed by atoms with Crippen molar-refractivity contribution in [2.24, 2.45) is 0 Å². The van der Waals surface area contributed by atoms with Crippen LogP contribution in [0.25, 0.3) is 10.9 Å². The smallest absolute Gasteiger partial charge is 0.262 e. The van der Waals surface area contributed by atoms with Gasteiger partial charge in [-0.1, -0.05) is 0 Å². The largest absolute Gasteiger partial charge is 0.318 e. The molecule has 2 rings (SSSR count). The standard InChI is InChI=1S/C11H11ClFN3O/c1-14-4-5-16-10(17)8-6-7(13)2-3-9(8)15-11(16)12/h2-3,6,14H,4-5H2,1H3. The first-order chi connectivity index (χ1) is 8.13. The Bertz CT molecular complexity index is 611. The second-order valence-electron chi connectivity index (χ2n) is 3.60. The van der Waals surface area contributed by atoms with E-state index in [2.05, 4.69) is 10.3 Å². The number of hydrogen-bond acceptors (Lipinski definition) is 3. The van der Waals surface area contributed by atoms with Gasteiger partial charge in [0.1, 0.15) is 5.82 Å². The second-order valence-corrected chi connectivity index (χ2v) is 3.94. The number of aromatic nitrogens is 2. The molecule has 0 bridgehead atoms. The highest BCUT2D eigenvalue weighted by Gasteiger charge is 2.09. The van der Waals surface area contributed by atoms with Crippen molar-refractivity contribution < 1.29 is 4.39 Å². The SMILES string of the molecule is CNCCn1c(Cl)nc2ccc(F)cc2c1=O. The van der Waals surface area contributed by atoms with E-state index < -0.39 is 5.82 Å². The first-order valence-electron chi connectivity index (χ1n) is 5.13. The summed E-state index contributed by atoms with van der Waals surface area (Å²) < 4.78 is 14.4. The van der Waals surface area contributed by atoms with Crippen molar-refractivity contribution in [3.05, 3.63) is 39.7 Å². The number of benzene rings is 1. The Hall–Kier alpha value is -1.46. The van der Waals surface area contributed by atoms with Crippen LogP contribution in [0.2, 0.25) is 5.28 Å². The van der Waals surface area contributed by atoms with E-state index in [0.29, 0.717) is 18.6 Å². The average Bonchev–Trinajstić information content (AvgIpc) is 2.30. The van der Waals surface area contributed by atoms with E-state index in [1.165, 1.54) is 22.8 Å². The normalized spacial score (nSPS) is 11.0. The maximum atomic E-state index is 13.1. The molecule has 0 spiro atoms. The van der Waals surface area contributed by atoms with Crippen molar-refractivity contribution in [2.75, 3.05) is 13.6 Å². The van der Waals surface area contributed by atoms with Crippen LogP contribution >= 0.6 is 11.6 Å². The molecular weight excluding hydrogens is 245 g/mol. The van der Waals surface area contributed by atoms with E-state index in [1.54, 1.807) is 7.05 Å². The minimum Gasteiger partial charge on any atom is -0.318 e. The zero-order chi connectivity index (χ0) is 12.4. The number of nitrogens with zero attached hydrogens (tertiary/aromatic N) is 2. The predicted molar refractivity (Wildman–Crippen MR) is 64.9 cm³/mol. The Labute approximate surface area is 102 Å². The number of likely N-dealkylation sites (N-methyl/N-ethyl adjacent to an activating group) is 1. The summed E-state index contributed by atoms with van der Waals surface area (Å²) in [5.74, 6) is -0.459. The summed E-state index contributed by atoms with van der Waals surface area (Å²) in [6.45, 7) is 0.982. The minimum absolute atomic E-state index is 0.115. The van der Waals surface area contributed by atoms with Crippen LogP contribution in [0.5, 0.6) is 0 Å². The zero-order valence-corrected chi connectivity index (χ0v) is 9.96. The first-order valence-corrected chi connectivity index (χ1v) is 5.51. The number of rotatable bonds is 3. The fraction of sp³-hybridized carbons (Fsp3) is 0.273. The summed E-state index contributed by atoms with van der Waals surface area (Å²) in [7, 11) is 1.77. The fourth-order valence-electron chi connectivity index (χ4n) is 1.58. The van der Waals surface area contributed by atoms with Crippen molar-refractivity contribution in [1.29, 1.82) is 0 Å². The van der Waals surface area contributed by atoms with Crippen LogP contribution < -0.4 is 10.9 Å². The fourth-order valence-corrected chi connectivity index (χ4v) is 1.84. The van der Waals surface area contributed by atoms with Crippen molar-refractivity contribution in [1.82, 2.24) is 14.9 Å². The van der Waals surface area contributed by atoms with Gasteiger partial charge in [-0.2, -0.15) is 0 Å². The van der Waals surface area contributed by atoms with Crippen LogP contribution in [0.1, 0.15) is 0 Å². The van der Waals surface area contributed by atoms with Crippen molar-refractivity contribution >= 4 is 22.5 Å². The van der Waals surface area contributed by atoms with Gasteiger partial charge < -0.3 is 5.32 Å². The van der Waals surface area contributed by atoms with Gasteiger partial charge in [0, 0.05) is 13.1 Å². The van der Waals surface area contributed by atoms with E-state index >= 15 is 0 Å². The Kier molecular flexibility index (Phi) is 3.40. The molecule has 17 heavy (non-hydrogen) atoms. The molecule has 4 nitrogen and oxygen atoms in total. The molecule has 0 aliphatic heterocycles. The van der Waals surface area contributed by atoms with E-state index in [-0.39, 0.29) is 16.2 Å². The lowest BCUT2D eigenvalue weighted by Gasteiger charge is -2.08. The molecule has 0 amide bonds. The van der Waals surface area contributed by atoms with Gasteiger partial charge in [0.25, 0.3) is 5.56 Å². The third-order valence-corrected chi connectivity index (χ3v) is 2.74. The van der Waals surface area contributed by atoms with Gasteiger partial charge in [-0.25, -0.2) is 9.37 Å². The summed E-state index contributed by atoms with van der Waals surface area (Å²) in [6.07, 6.45) is 0. The highest BCUT2D eigenvalue weighted by atomic mass is 35.5. The molecule has 0 aliphatic rings. The molecule has 0 fully saturated rings. The predicted octanol–water partition coefficient (Wildman–Crippen LogP) is 1.41. The van der Waals surface area contributed by atoms with Crippen molar-refractivity contribution in [3.63, 3.8) is 0 Å². The van der Waals surface area contributed by atoms with Gasteiger partial charge in [-0.05, 0) is 36.8 Å². The van der Waals surface area contributed by atoms with Crippen molar-refractivity contribution in [3.8, 4) is 0 Å². The third-order valence-electron chi connectivity index (χ3n) is 2.46. The highest BCUT2D eigenvalue weighted by Crippen LogP contribution is 2.12. The number of halogens is 2. The lowest BCUT2D eigenvalue weighted by atomic mass is 10.2. The molecule has 6 heteroatoms. The van der Waals surface area contributed by atoms with Crippen molar-refractivity contribution in [2.45, 2.75) is 6.54 Å². The van der Waals surface area contributed by atoms with Crippen LogP contribution in [0.15, 0.2) is 23.0 Å². The third kappa shape index (κ3) is 2.30. The van der Waals surface area contributed by atoms with Crippen LogP contribution in [-0.2, 0) is 6.54 Å². The molecular formula is C11H11ClFN3O. The molecule has 1 aromatic heterocycles. The number of nitrogens with one attached hydrogen (secondary N) is 1. The number of fused-ring (bicyclic) bond motifs is 1. The molecule has 0 aliphatic carbocycles. The van der Waals surface area contributed by atoms with E-state index in [4.69, 9.17) is 11.6 Å². The first kappa shape index (κ1) is 12.0. The van der Waals surface area contributed by atoms with E-state index in [1.807, 2.05) is 0 Å². The topological polar surface area (TPSA) is 46.9 Å². The Morgan fingerprint density at radius 1 is 1.53 bits per heavy atom. The molecule has 1 N–H and O–H groups in total. The summed E-state index contributed by atoms with van der Waals surface area (Å²) in [5, 5.41) is 3.27. The zero-order valence-electron chi connectivity index (χ0n) is 9.20. The molecule has 1 heterocycles. The highest BCUT2D eigenvalue weighted by molar-refractivity contribution is 6.28. The molecule has 0 saturated carbocycles. The molecule has 2 aromatic rings. The monoisotopic (exact) mass is 255 g/mol. The summed E-state index contributed by atoms with van der Waals surface area (Å²) in [4.78, 5) is 16.1. The second kappa shape index (κ2) is 4.81. The van der Waals surface area contributed by atoms with Crippen LogP contribution in [0.4, 0.5) is 4.39 Å². The average molecular weight is 256 g/mol. The van der Waals surface area contributed by atoms with E-state index in [0.717, 1.165) is 0 Å². The molecule has 0 unspecified atom stereocenters. The summed E-state index contributed by atoms with van der Waals surface area (Å²) >= 11 is 5.91. The van der Waals surface area contributed by atoms with Gasteiger partial charge in [0.2, 0.25) is 5.28 Å². The summed E-state index contributed by atoms with van der Waals surface area (Å²) in [5.41, 5.74) is 0.0804. The van der Waals surface area contributed by atoms with Crippen LogP contribution in [0.3, 0.4) is 0 Å². The summed E-state index contributed by atoms with van der Waals surface area (Å²) in [6, 6.07) is 3.88. The van der Waals surface area contributed by atoms with Crippen LogP contribution in [-0.4, -0.2) is 23.1 Å². The minimum atomic E-state index is -0.459. The molecule has 0 saturated heterocycles. The molecule has 90 valence electrons. The van der Waals surface area contributed by atoms with Gasteiger partial charge in [-0.15, -0.1) is 0 Å². The Morgan fingerprint density at radius 2 is 2.29 bits per heavy atom. The van der Waals surface area contributed by atoms with E-state index in [9.17, 15) is 9.18 Å². The van der Waals surface area contributed by atoms with Gasteiger partial charge in [-0.3, -0.25) is 9.36 Å². The molecule has 0 atom stereocenters. The Balaban J connectivity index is 2.65. The lowest BCUT2D eigenvalue weighted by molar-refractivity contribution is 0.618. The maximum Gasteiger partial charge on any atom is 0.262 e. The quantitative estimate of drug-likeness (QED) is 0.844. The van der Waals surface area contributed by atoms with Gasteiger partial charge in [0.15, 0.2) is 0 Å².